The van der Waals surface area contributed by atoms with Crippen molar-refractivity contribution in [3.63, 3.8) is 0 Å². The number of tetrazole rings is 2. The van der Waals surface area contributed by atoms with E-state index in [1.165, 1.54) is 32.4 Å². The first-order valence-electron chi connectivity index (χ1n) is 27.7. The number of aromatic nitrogens is 11. The first kappa shape index (κ1) is 71.5. The van der Waals surface area contributed by atoms with Crippen LogP contribution in [0.4, 0.5) is 9.59 Å². The summed E-state index contributed by atoms with van der Waals surface area (Å²) in [5.41, 5.74) is 16.0. The molecule has 85 heavy (non-hydrogen) atoms. The van der Waals surface area contributed by atoms with Gasteiger partial charge in [0, 0.05) is 124 Å². The molecule has 3 aromatic carbocycles. The molecule has 8 rings (SSSR count). The van der Waals surface area contributed by atoms with E-state index in [0.717, 1.165) is 59.6 Å². The van der Waals surface area contributed by atoms with Crippen molar-refractivity contribution in [2.24, 2.45) is 0 Å². The predicted molar refractivity (Wildman–Crippen MR) is 328 cm³/mol. The second-order valence-electron chi connectivity index (χ2n) is 22.0. The van der Waals surface area contributed by atoms with Gasteiger partial charge in [0.15, 0.2) is 11.6 Å². The van der Waals surface area contributed by atoms with Gasteiger partial charge < -0.3 is 46.2 Å². The number of carbonyl (C=O) groups excluding carboxylic acids is 2. The fraction of sp³-hybridized carbons (Fsp3) is 0.467. The second kappa shape index (κ2) is 37.5. The molecule has 448 valence electrons. The van der Waals surface area contributed by atoms with Crippen LogP contribution in [-0.2, 0) is 41.9 Å². The van der Waals surface area contributed by atoms with Gasteiger partial charge in [-0.05, 0) is 144 Å². The molecule has 25 heteroatoms. The summed E-state index contributed by atoms with van der Waals surface area (Å²) in [4.78, 5) is 45.6. The van der Waals surface area contributed by atoms with Crippen molar-refractivity contribution in [1.82, 2.24) is 82.0 Å². The number of hydrogen-bond donors (Lipinski definition) is 5. The van der Waals surface area contributed by atoms with Crippen LogP contribution < -0.4 is 45.5 Å². The number of aromatic amines is 2. The number of carbonyl (C=O) groups is 2. The van der Waals surface area contributed by atoms with Gasteiger partial charge in [-0.15, -0.1) is 20.4 Å². The number of nitrogens with one attached hydrogen (secondary N) is 5. The molecule has 0 unspecified atom stereocenters. The number of rotatable bonds is 23. The molecule has 0 saturated heterocycles. The van der Waals surface area contributed by atoms with Crippen LogP contribution in [0.1, 0.15) is 117 Å². The molecule has 3 atom stereocenters. The molecule has 0 spiro atoms. The van der Waals surface area contributed by atoms with E-state index in [9.17, 15) is 9.59 Å². The third-order valence-electron chi connectivity index (χ3n) is 12.5. The minimum Gasteiger partial charge on any atom is -0.444 e. The van der Waals surface area contributed by atoms with Crippen molar-refractivity contribution in [2.45, 2.75) is 151 Å². The summed E-state index contributed by atoms with van der Waals surface area (Å²) in [6, 6.07) is 25.8. The van der Waals surface area contributed by atoms with E-state index in [4.69, 9.17) is 27.1 Å². The Bertz CT molecular complexity index is 3270. The number of H-pyrrole nitrogens is 2. The molecule has 0 fully saturated rings. The van der Waals surface area contributed by atoms with E-state index in [-0.39, 0.29) is 67.8 Å². The molecule has 0 aliphatic heterocycles. The summed E-state index contributed by atoms with van der Waals surface area (Å²) in [7, 11) is 0. The zero-order valence-electron chi connectivity index (χ0n) is 50.2. The maximum absolute atomic E-state index is 12.7. The molecule has 8 aromatic rings. The SMILES string of the molecule is C.C[C@H](CCCCc1nn[nH]n1)NCc1ccc2cnccc2c1.C[C@H](CN(CCc1nn[nH]n1)C(=O)OC(C)(C)C)NCc1ccc2cnccc2c1.[C-]#[N+]CCN(C[C@@H](C)NCc1ccc2cnccc2c1)C(=O)OC(C)(C)C.[N-]=[N+]=[N-].[Na+]. The van der Waals surface area contributed by atoms with Gasteiger partial charge in [-0.3, -0.25) is 24.8 Å². The molecular formula is C60H83N20NaO4. The fourth-order valence-corrected chi connectivity index (χ4v) is 8.38. The topological polar surface area (TPSA) is 306 Å². The molecule has 0 aliphatic rings. The van der Waals surface area contributed by atoms with Crippen LogP contribution >= 0.6 is 0 Å². The maximum atomic E-state index is 12.7. The van der Waals surface area contributed by atoms with E-state index in [1.807, 2.05) is 85.4 Å². The number of pyridine rings is 3. The standard InChI is InChI=1S/C21H29N7O2.C21H28N4O2.C17H22N6.CH4.N3.Na/c1-15(23-12-16-5-6-18-13-22-9-7-17(18)11-16)14-28(20(29)30-21(2,3)4)10-8-19-24-26-27-25-19;1-16(15-25(11-10-22-5)20(26)27-21(2,3)4)24-13-17-6-7-19-14-23-9-8-18(19)12-17;1-13(4-2-3-5-17-20-22-23-21-17)19-11-14-6-7-16-12-18-9-8-15(16)10-14;;1-3-2;/h5-7,9,11,13,15,23H,8,10,12,14H2,1-4H3,(H,24,25,26,27);6-9,12,14,16,24H,10-11,13,15H2,1-4H3;6-10,12-13,19H,2-5,11H2,1H3,(H,20,21,22,23);1H4;;/q;;;;-1;+1/t15-;16-;13-;;;/m111.../s1. The molecule has 0 radical (unpaired) electrons. The number of unbranched alkanes of at least 4 members (excludes halogenated alkanes) is 1. The van der Waals surface area contributed by atoms with Crippen LogP contribution in [0.2, 0.25) is 0 Å². The first-order chi connectivity index (χ1) is 39.8. The van der Waals surface area contributed by atoms with Gasteiger partial charge in [-0.1, -0.05) is 60.7 Å². The Balaban J connectivity index is 0.000000325. The zero-order chi connectivity index (χ0) is 60.0. The number of nitrogens with zero attached hydrogens (tertiary/aromatic N) is 15. The zero-order valence-corrected chi connectivity index (χ0v) is 52.2. The van der Waals surface area contributed by atoms with Gasteiger partial charge in [0.05, 0.1) is 6.54 Å². The largest absolute Gasteiger partial charge is 1.00 e. The van der Waals surface area contributed by atoms with Crippen LogP contribution in [0.15, 0.2) is 110 Å². The monoisotopic (exact) mass is 1170 g/mol. The minimum atomic E-state index is -0.557. The summed E-state index contributed by atoms with van der Waals surface area (Å²) in [5, 5.41) is 45.4. The van der Waals surface area contributed by atoms with Crippen molar-refractivity contribution in [3.8, 4) is 0 Å². The number of hydrogen-bond acceptors (Lipinski definition) is 16. The molecule has 5 heterocycles. The summed E-state index contributed by atoms with van der Waals surface area (Å²) in [6.45, 7) is 28.8. The summed E-state index contributed by atoms with van der Waals surface area (Å²) in [5.74, 6) is 1.37. The molecule has 5 N–H and O–H groups in total. The maximum Gasteiger partial charge on any atom is 1.00 e. The Morgan fingerprint density at radius 3 is 1.35 bits per heavy atom. The second-order valence-corrected chi connectivity index (χ2v) is 22.0. The van der Waals surface area contributed by atoms with Crippen molar-refractivity contribution >= 4 is 44.5 Å². The Morgan fingerprint density at radius 1 is 0.588 bits per heavy atom. The summed E-state index contributed by atoms with van der Waals surface area (Å²) < 4.78 is 11.0. The van der Waals surface area contributed by atoms with E-state index in [2.05, 4.69) is 152 Å². The van der Waals surface area contributed by atoms with E-state index in [1.54, 1.807) is 22.2 Å². The Morgan fingerprint density at radius 2 is 0.976 bits per heavy atom. The van der Waals surface area contributed by atoms with Gasteiger partial charge in [0.25, 0.3) is 0 Å². The van der Waals surface area contributed by atoms with Crippen molar-refractivity contribution in [3.05, 3.63) is 166 Å². The molecule has 5 aromatic heterocycles. The van der Waals surface area contributed by atoms with E-state index < -0.39 is 11.2 Å². The minimum absolute atomic E-state index is 0. The number of benzene rings is 3. The van der Waals surface area contributed by atoms with Crippen LogP contribution in [0.25, 0.3) is 53.1 Å². The van der Waals surface area contributed by atoms with Crippen LogP contribution in [0, 0.1) is 6.57 Å². The smallest absolute Gasteiger partial charge is 0.444 e. The van der Waals surface area contributed by atoms with Crippen molar-refractivity contribution < 1.29 is 48.6 Å². The first-order valence-corrected chi connectivity index (χ1v) is 27.7. The van der Waals surface area contributed by atoms with Crippen LogP contribution in [-0.4, -0.2) is 140 Å². The Kier molecular flexibility index (Phi) is 31.6. The van der Waals surface area contributed by atoms with Crippen molar-refractivity contribution in [2.75, 3.05) is 32.7 Å². The average molecular weight is 1170 g/mol. The van der Waals surface area contributed by atoms with Crippen molar-refractivity contribution in [1.29, 1.82) is 0 Å². The van der Waals surface area contributed by atoms with Gasteiger partial charge in [-0.2, -0.15) is 10.4 Å². The molecular weight excluding hydrogens is 1090 g/mol. The summed E-state index contributed by atoms with van der Waals surface area (Å²) in [6.07, 6.45) is 15.1. The van der Waals surface area contributed by atoms with Gasteiger partial charge >= 0.3 is 41.7 Å². The third-order valence-corrected chi connectivity index (χ3v) is 12.5. The molecule has 0 saturated carbocycles. The molecule has 0 bridgehead atoms. The number of fused-ring (bicyclic) bond motifs is 3. The number of ether oxygens (including phenoxy) is 2. The Labute approximate surface area is 521 Å². The summed E-state index contributed by atoms with van der Waals surface area (Å²) >= 11 is 0. The molecule has 2 amide bonds. The third kappa shape index (κ3) is 27.7. The van der Waals surface area contributed by atoms with E-state index >= 15 is 0 Å². The normalized spacial score (nSPS) is 11.9. The van der Waals surface area contributed by atoms with Crippen LogP contribution in [0.3, 0.4) is 0 Å². The van der Waals surface area contributed by atoms with Crippen LogP contribution in [0.5, 0.6) is 0 Å². The predicted octanol–water partition coefficient (Wildman–Crippen LogP) is 7.72. The van der Waals surface area contributed by atoms with E-state index in [0.29, 0.717) is 57.6 Å². The van der Waals surface area contributed by atoms with Gasteiger partial charge in [0.2, 0.25) is 6.54 Å². The average Bonchev–Trinajstić information content (AvgIpc) is 4.38. The number of amides is 2. The van der Waals surface area contributed by atoms with Gasteiger partial charge in [0.1, 0.15) is 11.2 Å². The molecule has 0 aliphatic carbocycles. The quantitative estimate of drug-likeness (QED) is 0.0102. The number of aryl methyl sites for hydroxylation is 1. The fourth-order valence-electron chi connectivity index (χ4n) is 8.38. The molecule has 24 nitrogen and oxygen atoms in total. The van der Waals surface area contributed by atoms with Gasteiger partial charge in [-0.25, -0.2) is 16.2 Å². The Hall–Kier alpha value is -7.75.